The minimum Gasteiger partial charge on any atom is -0.396 e. The van der Waals surface area contributed by atoms with Crippen molar-refractivity contribution >= 4 is 5.69 Å². The van der Waals surface area contributed by atoms with Gasteiger partial charge in [0.05, 0.1) is 11.3 Å². The number of aliphatic hydroxyl groups excluding tert-OH is 1. The molecule has 0 bridgehead atoms. The van der Waals surface area contributed by atoms with Crippen molar-refractivity contribution in [2.45, 2.75) is 13.3 Å². The van der Waals surface area contributed by atoms with E-state index in [1.807, 2.05) is 25.1 Å². The van der Waals surface area contributed by atoms with E-state index in [-0.39, 0.29) is 6.61 Å². The van der Waals surface area contributed by atoms with Gasteiger partial charge in [-0.2, -0.15) is 5.26 Å². The molecule has 0 aromatic heterocycles. The molecule has 3 heteroatoms. The van der Waals surface area contributed by atoms with Crippen LogP contribution in [-0.2, 0) is 0 Å². The second kappa shape index (κ2) is 5.25. The Balaban J connectivity index is 2.76. The molecule has 0 heterocycles. The first-order valence-electron chi connectivity index (χ1n) is 4.64. The van der Waals surface area contributed by atoms with Gasteiger partial charge >= 0.3 is 0 Å². The van der Waals surface area contributed by atoms with Crippen LogP contribution in [-0.4, -0.2) is 18.3 Å². The number of benzene rings is 1. The van der Waals surface area contributed by atoms with E-state index in [0.29, 0.717) is 18.5 Å². The van der Waals surface area contributed by atoms with Crippen molar-refractivity contribution in [1.29, 1.82) is 5.26 Å². The van der Waals surface area contributed by atoms with Crippen molar-refractivity contribution < 1.29 is 5.11 Å². The maximum Gasteiger partial charge on any atom is 0.102 e. The topological polar surface area (TPSA) is 56.0 Å². The van der Waals surface area contributed by atoms with Crippen molar-refractivity contribution in [1.82, 2.24) is 0 Å². The van der Waals surface area contributed by atoms with Gasteiger partial charge in [0.15, 0.2) is 0 Å². The Morgan fingerprint density at radius 1 is 1.50 bits per heavy atom. The van der Waals surface area contributed by atoms with Crippen molar-refractivity contribution in [3.63, 3.8) is 0 Å². The summed E-state index contributed by atoms with van der Waals surface area (Å²) in [5.74, 6) is 0. The van der Waals surface area contributed by atoms with E-state index in [1.165, 1.54) is 0 Å². The zero-order valence-electron chi connectivity index (χ0n) is 8.25. The van der Waals surface area contributed by atoms with Crippen LogP contribution in [0.15, 0.2) is 18.2 Å². The first kappa shape index (κ1) is 10.6. The van der Waals surface area contributed by atoms with Crippen LogP contribution in [0, 0.1) is 18.3 Å². The highest BCUT2D eigenvalue weighted by Crippen LogP contribution is 2.17. The minimum absolute atomic E-state index is 0.167. The Bertz CT molecular complexity index is 342. The lowest BCUT2D eigenvalue weighted by Gasteiger charge is -2.08. The van der Waals surface area contributed by atoms with Gasteiger partial charge in [0.25, 0.3) is 0 Å². The fraction of sp³-hybridized carbons (Fsp3) is 0.364. The maximum atomic E-state index is 8.92. The molecule has 1 aromatic carbocycles. The standard InChI is InChI=1S/C11H14N2O/c1-9-4-2-5-11(10(9)8-12)13-6-3-7-14/h2,4-5,13-14H,3,6-7H2,1H3. The lowest BCUT2D eigenvalue weighted by Crippen LogP contribution is -2.05. The second-order valence-corrected chi connectivity index (χ2v) is 3.11. The molecule has 0 saturated heterocycles. The minimum atomic E-state index is 0.167. The summed E-state index contributed by atoms with van der Waals surface area (Å²) in [6.07, 6.45) is 0.693. The molecule has 0 radical (unpaired) electrons. The highest BCUT2D eigenvalue weighted by atomic mass is 16.3. The van der Waals surface area contributed by atoms with Gasteiger partial charge in [-0.25, -0.2) is 0 Å². The quantitative estimate of drug-likeness (QED) is 0.710. The molecule has 0 saturated carbocycles. The normalized spacial score (nSPS) is 9.50. The van der Waals surface area contributed by atoms with Crippen LogP contribution in [0.5, 0.6) is 0 Å². The van der Waals surface area contributed by atoms with Crippen LogP contribution >= 0.6 is 0 Å². The smallest absolute Gasteiger partial charge is 0.102 e. The van der Waals surface area contributed by atoms with Gasteiger partial charge < -0.3 is 10.4 Å². The molecule has 3 nitrogen and oxygen atoms in total. The van der Waals surface area contributed by atoms with E-state index in [1.54, 1.807) is 0 Å². The monoisotopic (exact) mass is 190 g/mol. The molecule has 0 aliphatic heterocycles. The third-order valence-electron chi connectivity index (χ3n) is 2.03. The first-order valence-corrected chi connectivity index (χ1v) is 4.64. The van der Waals surface area contributed by atoms with E-state index in [9.17, 15) is 0 Å². The highest BCUT2D eigenvalue weighted by Gasteiger charge is 2.02. The molecule has 0 unspecified atom stereocenters. The first-order chi connectivity index (χ1) is 6.79. The van der Waals surface area contributed by atoms with Crippen LogP contribution in [0.25, 0.3) is 0 Å². The predicted molar refractivity (Wildman–Crippen MR) is 56.1 cm³/mol. The van der Waals surface area contributed by atoms with Crippen LogP contribution in [0.3, 0.4) is 0 Å². The van der Waals surface area contributed by atoms with Crippen molar-refractivity contribution in [3.8, 4) is 6.07 Å². The van der Waals surface area contributed by atoms with Crippen molar-refractivity contribution in [2.75, 3.05) is 18.5 Å². The Morgan fingerprint density at radius 2 is 2.29 bits per heavy atom. The summed E-state index contributed by atoms with van der Waals surface area (Å²) in [7, 11) is 0. The highest BCUT2D eigenvalue weighted by molar-refractivity contribution is 5.60. The Kier molecular flexibility index (Phi) is 3.96. The van der Waals surface area contributed by atoms with E-state index >= 15 is 0 Å². The van der Waals surface area contributed by atoms with Gasteiger partial charge in [-0.05, 0) is 25.0 Å². The number of rotatable bonds is 4. The third kappa shape index (κ3) is 2.48. The number of aryl methyl sites for hydroxylation is 1. The van der Waals surface area contributed by atoms with Crippen LogP contribution in [0.2, 0.25) is 0 Å². The van der Waals surface area contributed by atoms with E-state index in [0.717, 1.165) is 11.3 Å². The number of nitrogens with zero attached hydrogens (tertiary/aromatic N) is 1. The van der Waals surface area contributed by atoms with Gasteiger partial charge in [-0.15, -0.1) is 0 Å². The molecule has 0 fully saturated rings. The molecular weight excluding hydrogens is 176 g/mol. The third-order valence-corrected chi connectivity index (χ3v) is 2.03. The summed E-state index contributed by atoms with van der Waals surface area (Å²) in [4.78, 5) is 0. The summed E-state index contributed by atoms with van der Waals surface area (Å²) in [5.41, 5.74) is 2.51. The summed E-state index contributed by atoms with van der Waals surface area (Å²) in [5, 5.41) is 20.7. The van der Waals surface area contributed by atoms with Crippen LogP contribution in [0.4, 0.5) is 5.69 Å². The number of hydrogen-bond donors (Lipinski definition) is 2. The molecule has 1 aromatic rings. The SMILES string of the molecule is Cc1cccc(NCCCO)c1C#N. The molecule has 0 atom stereocenters. The van der Waals surface area contributed by atoms with Gasteiger partial charge in [0.2, 0.25) is 0 Å². The average molecular weight is 190 g/mol. The Hall–Kier alpha value is -1.53. The number of aliphatic hydroxyl groups is 1. The van der Waals surface area contributed by atoms with Gasteiger partial charge in [-0.3, -0.25) is 0 Å². The lowest BCUT2D eigenvalue weighted by molar-refractivity contribution is 0.292. The number of nitrogens with one attached hydrogen (secondary N) is 1. The summed E-state index contributed by atoms with van der Waals surface area (Å²) in [6, 6.07) is 7.87. The molecule has 2 N–H and O–H groups in total. The largest absolute Gasteiger partial charge is 0.396 e. The van der Waals surface area contributed by atoms with E-state index in [4.69, 9.17) is 10.4 Å². The molecule has 0 aliphatic rings. The zero-order chi connectivity index (χ0) is 10.4. The predicted octanol–water partition coefficient (Wildman–Crippen LogP) is 1.66. The van der Waals surface area contributed by atoms with E-state index < -0.39 is 0 Å². The maximum absolute atomic E-state index is 8.92. The summed E-state index contributed by atoms with van der Waals surface area (Å²) in [6.45, 7) is 2.77. The number of nitriles is 1. The van der Waals surface area contributed by atoms with Crippen molar-refractivity contribution in [2.24, 2.45) is 0 Å². The van der Waals surface area contributed by atoms with Gasteiger partial charge in [0.1, 0.15) is 6.07 Å². The Labute approximate surface area is 84.0 Å². The van der Waals surface area contributed by atoms with Crippen LogP contribution < -0.4 is 5.32 Å². The average Bonchev–Trinajstić information content (AvgIpc) is 2.18. The molecule has 1 rings (SSSR count). The molecule has 0 amide bonds. The summed E-state index contributed by atoms with van der Waals surface area (Å²) < 4.78 is 0. The molecule has 0 spiro atoms. The number of anilines is 1. The lowest BCUT2D eigenvalue weighted by atomic mass is 10.1. The molecule has 74 valence electrons. The number of hydrogen-bond acceptors (Lipinski definition) is 3. The second-order valence-electron chi connectivity index (χ2n) is 3.11. The van der Waals surface area contributed by atoms with Crippen LogP contribution in [0.1, 0.15) is 17.5 Å². The van der Waals surface area contributed by atoms with E-state index in [2.05, 4.69) is 11.4 Å². The van der Waals surface area contributed by atoms with Crippen molar-refractivity contribution in [3.05, 3.63) is 29.3 Å². The summed E-state index contributed by atoms with van der Waals surface area (Å²) >= 11 is 0. The molecule has 0 aliphatic carbocycles. The van der Waals surface area contributed by atoms with Gasteiger partial charge in [-0.1, -0.05) is 12.1 Å². The molecule has 14 heavy (non-hydrogen) atoms. The Morgan fingerprint density at radius 3 is 2.93 bits per heavy atom. The fourth-order valence-electron chi connectivity index (χ4n) is 1.27. The molecular formula is C11H14N2O. The zero-order valence-corrected chi connectivity index (χ0v) is 8.25. The van der Waals surface area contributed by atoms with Gasteiger partial charge in [0, 0.05) is 13.2 Å². The fourth-order valence-corrected chi connectivity index (χ4v) is 1.27.